The van der Waals surface area contributed by atoms with Gasteiger partial charge in [-0.2, -0.15) is 18.3 Å². The first-order valence-corrected chi connectivity index (χ1v) is 6.36. The van der Waals surface area contributed by atoms with E-state index in [1.165, 1.54) is 12.4 Å². The number of fused-ring (bicyclic) bond motifs is 2. The first kappa shape index (κ1) is 12.8. The fraction of sp³-hybridized carbons (Fsp3) is 0.0714. The Bertz CT molecular complexity index is 983. The molecule has 0 atom stereocenters. The lowest BCUT2D eigenvalue weighted by Gasteiger charge is -2.10. The lowest BCUT2D eigenvalue weighted by Crippen LogP contribution is -2.05. The Hall–Kier alpha value is -2.90. The lowest BCUT2D eigenvalue weighted by atomic mass is 10.0. The largest absolute Gasteiger partial charge is 0.416 e. The highest BCUT2D eigenvalue weighted by Crippen LogP contribution is 2.36. The molecule has 4 rings (SSSR count). The van der Waals surface area contributed by atoms with Gasteiger partial charge < -0.3 is 0 Å². The van der Waals surface area contributed by atoms with Crippen molar-refractivity contribution in [3.05, 3.63) is 48.7 Å². The Labute approximate surface area is 121 Å². The number of benzene rings is 1. The van der Waals surface area contributed by atoms with Gasteiger partial charge in [-0.05, 0) is 12.1 Å². The zero-order valence-corrected chi connectivity index (χ0v) is 11.0. The molecular formula is C14H8F3N5. The molecule has 4 aromatic rings. The highest BCUT2D eigenvalue weighted by atomic mass is 19.4. The molecule has 110 valence electrons. The molecule has 0 bridgehead atoms. The fourth-order valence-electron chi connectivity index (χ4n) is 2.47. The van der Waals surface area contributed by atoms with Crippen LogP contribution in [0, 0.1) is 0 Å². The summed E-state index contributed by atoms with van der Waals surface area (Å²) in [5.41, 5.74) is 1.12. The second-order valence-corrected chi connectivity index (χ2v) is 4.80. The van der Waals surface area contributed by atoms with Gasteiger partial charge in [0.15, 0.2) is 5.65 Å². The summed E-state index contributed by atoms with van der Waals surface area (Å²) in [6, 6.07) is 2.17. The van der Waals surface area contributed by atoms with Gasteiger partial charge in [0.05, 0.1) is 35.4 Å². The van der Waals surface area contributed by atoms with Crippen LogP contribution in [0.3, 0.4) is 0 Å². The molecule has 0 saturated heterocycles. The van der Waals surface area contributed by atoms with E-state index < -0.39 is 11.7 Å². The van der Waals surface area contributed by atoms with Crippen molar-refractivity contribution in [2.45, 2.75) is 6.18 Å². The average Bonchev–Trinajstić information content (AvgIpc) is 3.12. The molecule has 0 radical (unpaired) electrons. The summed E-state index contributed by atoms with van der Waals surface area (Å²) in [6.45, 7) is 0. The zero-order chi connectivity index (χ0) is 15.3. The molecule has 0 unspecified atom stereocenters. The van der Waals surface area contributed by atoms with E-state index >= 15 is 0 Å². The van der Waals surface area contributed by atoms with Crippen LogP contribution in [0.1, 0.15) is 5.56 Å². The molecule has 3 heterocycles. The number of hydrogen-bond acceptors (Lipinski definition) is 3. The van der Waals surface area contributed by atoms with Gasteiger partial charge in [-0.1, -0.05) is 0 Å². The van der Waals surface area contributed by atoms with Crippen LogP contribution in [0.4, 0.5) is 13.2 Å². The van der Waals surface area contributed by atoms with Crippen LogP contribution in [-0.4, -0.2) is 24.6 Å². The van der Waals surface area contributed by atoms with Crippen molar-refractivity contribution in [1.82, 2.24) is 24.6 Å². The summed E-state index contributed by atoms with van der Waals surface area (Å²) < 4.78 is 41.0. The van der Waals surface area contributed by atoms with Gasteiger partial charge in [0.1, 0.15) is 0 Å². The molecule has 8 heteroatoms. The lowest BCUT2D eigenvalue weighted by molar-refractivity contribution is -0.137. The van der Waals surface area contributed by atoms with Gasteiger partial charge in [0, 0.05) is 23.3 Å². The number of halogens is 3. The van der Waals surface area contributed by atoms with Crippen LogP contribution in [0.5, 0.6) is 0 Å². The van der Waals surface area contributed by atoms with Crippen molar-refractivity contribution in [3.8, 4) is 11.3 Å². The van der Waals surface area contributed by atoms with E-state index in [1.54, 1.807) is 23.0 Å². The molecule has 5 nitrogen and oxygen atoms in total. The van der Waals surface area contributed by atoms with Gasteiger partial charge in [-0.3, -0.25) is 14.5 Å². The van der Waals surface area contributed by atoms with Crippen molar-refractivity contribution in [2.24, 2.45) is 0 Å². The second-order valence-electron chi connectivity index (χ2n) is 4.80. The van der Waals surface area contributed by atoms with Crippen LogP contribution < -0.4 is 0 Å². The van der Waals surface area contributed by atoms with Crippen LogP contribution >= 0.6 is 0 Å². The predicted octanol–water partition coefficient (Wildman–Crippen LogP) is 3.29. The minimum atomic E-state index is -4.43. The monoisotopic (exact) mass is 303 g/mol. The summed E-state index contributed by atoms with van der Waals surface area (Å²) in [4.78, 5) is 8.11. The highest BCUT2D eigenvalue weighted by Gasteiger charge is 2.32. The quantitative estimate of drug-likeness (QED) is 0.587. The van der Waals surface area contributed by atoms with Crippen molar-refractivity contribution in [3.63, 3.8) is 0 Å². The number of hydrogen-bond donors (Lipinski definition) is 1. The summed E-state index contributed by atoms with van der Waals surface area (Å²) in [7, 11) is 0. The molecule has 0 fully saturated rings. The van der Waals surface area contributed by atoms with E-state index in [-0.39, 0.29) is 0 Å². The molecule has 0 aliphatic heterocycles. The topological polar surface area (TPSA) is 58.9 Å². The smallest absolute Gasteiger partial charge is 0.297 e. The molecule has 0 spiro atoms. The van der Waals surface area contributed by atoms with Gasteiger partial charge in [0.25, 0.3) is 0 Å². The highest BCUT2D eigenvalue weighted by molar-refractivity contribution is 5.94. The Morgan fingerprint density at radius 3 is 2.77 bits per heavy atom. The Morgan fingerprint density at radius 2 is 1.95 bits per heavy atom. The second kappa shape index (κ2) is 4.30. The minimum absolute atomic E-state index is 0.328. The Kier molecular flexibility index (Phi) is 2.50. The maximum atomic E-state index is 13.1. The van der Waals surface area contributed by atoms with Crippen LogP contribution in [-0.2, 0) is 6.18 Å². The normalized spacial score (nSPS) is 12.3. The van der Waals surface area contributed by atoms with Crippen molar-refractivity contribution >= 4 is 16.6 Å². The summed E-state index contributed by atoms with van der Waals surface area (Å²) in [6.07, 6.45) is 3.35. The number of H-pyrrole nitrogens is 1. The molecule has 1 aromatic carbocycles. The summed E-state index contributed by atoms with van der Waals surface area (Å²) >= 11 is 0. The first-order chi connectivity index (χ1) is 10.5. The molecular weight excluding hydrogens is 295 g/mol. The van der Waals surface area contributed by atoms with Gasteiger partial charge >= 0.3 is 6.18 Å². The molecule has 22 heavy (non-hydrogen) atoms. The number of nitrogens with one attached hydrogen (secondary N) is 1. The summed E-state index contributed by atoms with van der Waals surface area (Å²) in [5.74, 6) is 0. The number of alkyl halides is 3. The minimum Gasteiger partial charge on any atom is -0.297 e. The van der Waals surface area contributed by atoms with Crippen molar-refractivity contribution in [2.75, 3.05) is 0 Å². The standard InChI is InChI=1S/C14H8F3N5/c15-14(16,17)8-3-9(10-5-20-21-11(10)4-8)12-6-19-13-7-18-1-2-22(12)13/h1-7H,(H,20,21). The number of aromatic amines is 1. The van der Waals surface area contributed by atoms with E-state index in [9.17, 15) is 13.2 Å². The predicted molar refractivity (Wildman–Crippen MR) is 73.1 cm³/mol. The van der Waals surface area contributed by atoms with Crippen molar-refractivity contribution in [1.29, 1.82) is 0 Å². The van der Waals surface area contributed by atoms with E-state index in [0.29, 0.717) is 27.8 Å². The van der Waals surface area contributed by atoms with Crippen LogP contribution in [0.2, 0.25) is 0 Å². The number of nitrogens with zero attached hydrogens (tertiary/aromatic N) is 4. The SMILES string of the molecule is FC(F)(F)c1cc(-c2cnc3cnccn23)c2cn[nH]c2c1. The number of imidazole rings is 1. The zero-order valence-electron chi connectivity index (χ0n) is 11.0. The van der Waals surface area contributed by atoms with E-state index in [1.807, 2.05) is 0 Å². The number of aromatic nitrogens is 5. The third kappa shape index (κ3) is 1.84. The average molecular weight is 303 g/mol. The molecule has 1 N–H and O–H groups in total. The first-order valence-electron chi connectivity index (χ1n) is 6.36. The maximum Gasteiger partial charge on any atom is 0.416 e. The van der Waals surface area contributed by atoms with E-state index in [2.05, 4.69) is 20.2 Å². The molecule has 0 aliphatic carbocycles. The molecule has 0 saturated carbocycles. The van der Waals surface area contributed by atoms with Crippen molar-refractivity contribution < 1.29 is 13.2 Å². The Morgan fingerprint density at radius 1 is 1.09 bits per heavy atom. The fourth-order valence-corrected chi connectivity index (χ4v) is 2.47. The van der Waals surface area contributed by atoms with E-state index in [4.69, 9.17) is 0 Å². The van der Waals surface area contributed by atoms with E-state index in [0.717, 1.165) is 12.1 Å². The third-order valence-electron chi connectivity index (χ3n) is 3.48. The van der Waals surface area contributed by atoms with Gasteiger partial charge in [-0.15, -0.1) is 0 Å². The summed E-state index contributed by atoms with van der Waals surface area (Å²) in [5, 5.41) is 7.03. The van der Waals surface area contributed by atoms with Gasteiger partial charge in [-0.25, -0.2) is 4.98 Å². The van der Waals surface area contributed by atoms with Crippen LogP contribution in [0.15, 0.2) is 43.1 Å². The van der Waals surface area contributed by atoms with Gasteiger partial charge in [0.2, 0.25) is 0 Å². The Balaban J connectivity index is 2.07. The molecule has 0 amide bonds. The maximum absolute atomic E-state index is 13.1. The van der Waals surface area contributed by atoms with Crippen LogP contribution in [0.25, 0.3) is 27.8 Å². The molecule has 3 aromatic heterocycles. The molecule has 0 aliphatic rings. The third-order valence-corrected chi connectivity index (χ3v) is 3.48. The number of rotatable bonds is 1.